The van der Waals surface area contributed by atoms with Crippen molar-refractivity contribution in [3.05, 3.63) is 51.9 Å². The van der Waals surface area contributed by atoms with Crippen molar-refractivity contribution >= 4 is 45.9 Å². The fourth-order valence-corrected chi connectivity index (χ4v) is 4.47. The van der Waals surface area contributed by atoms with Crippen molar-refractivity contribution in [3.8, 4) is 0 Å². The van der Waals surface area contributed by atoms with Crippen LogP contribution in [-0.2, 0) is 0 Å². The largest absolute Gasteiger partial charge is 0.335 e. The van der Waals surface area contributed by atoms with Gasteiger partial charge in [0.15, 0.2) is 5.69 Å². The van der Waals surface area contributed by atoms with Gasteiger partial charge < -0.3 is 9.80 Å². The second kappa shape index (κ2) is 7.76. The van der Waals surface area contributed by atoms with Gasteiger partial charge in [-0.3, -0.25) is 9.59 Å². The van der Waals surface area contributed by atoms with E-state index in [0.717, 1.165) is 18.2 Å². The molecular formula is C21H20Cl2N6O2. The third-order valence-electron chi connectivity index (χ3n) is 5.80. The summed E-state index contributed by atoms with van der Waals surface area (Å²) in [5.74, 6) is -0.260. The highest BCUT2D eigenvalue weighted by Crippen LogP contribution is 2.33. The number of rotatable bonds is 3. The second-order valence-electron chi connectivity index (χ2n) is 8.07. The zero-order chi connectivity index (χ0) is 21.7. The van der Waals surface area contributed by atoms with Gasteiger partial charge in [-0.2, -0.15) is 0 Å². The number of aromatic nitrogens is 4. The Morgan fingerprint density at radius 2 is 1.90 bits per heavy atom. The van der Waals surface area contributed by atoms with Gasteiger partial charge in [0.2, 0.25) is 0 Å². The van der Waals surface area contributed by atoms with Crippen molar-refractivity contribution in [1.29, 1.82) is 0 Å². The molecule has 2 aromatic heterocycles. The summed E-state index contributed by atoms with van der Waals surface area (Å²) in [6.45, 7) is 3.24. The highest BCUT2D eigenvalue weighted by molar-refractivity contribution is 6.37. The van der Waals surface area contributed by atoms with Gasteiger partial charge in [-0.05, 0) is 38.0 Å². The third kappa shape index (κ3) is 3.85. The van der Waals surface area contributed by atoms with Crippen molar-refractivity contribution in [2.24, 2.45) is 0 Å². The quantitative estimate of drug-likeness (QED) is 0.561. The molecule has 1 saturated carbocycles. The maximum atomic E-state index is 13.1. The molecule has 0 radical (unpaired) electrons. The molecule has 1 aliphatic carbocycles. The number of halogens is 2. The molecule has 31 heavy (non-hydrogen) atoms. The normalized spacial score (nSPS) is 19.1. The second-order valence-corrected chi connectivity index (χ2v) is 8.87. The topological polar surface area (TPSA) is 84.2 Å². The number of nitrogens with zero attached hydrogens (tertiary/aromatic N) is 6. The summed E-state index contributed by atoms with van der Waals surface area (Å²) in [5, 5.41) is 9.63. The first-order valence-corrected chi connectivity index (χ1v) is 10.9. The molecular weight excluding hydrogens is 439 g/mol. The molecule has 10 heteroatoms. The standard InChI is InChI=1S/C21H20Cl2N6O2/c1-12-10-27(6-7-28(12)21(31)18-11-29(26-25-18)14-3-4-14)20(30)13-2-5-15-16(22)9-19(23)24-17(15)8-13/h2,5,8-9,11-12,14H,3-4,6-7,10H2,1H3/t12-/m1/s1. The van der Waals surface area contributed by atoms with Gasteiger partial charge >= 0.3 is 0 Å². The first-order valence-electron chi connectivity index (χ1n) is 10.2. The lowest BCUT2D eigenvalue weighted by Gasteiger charge is -2.39. The molecule has 8 nitrogen and oxygen atoms in total. The summed E-state index contributed by atoms with van der Waals surface area (Å²) in [7, 11) is 0. The molecule has 3 heterocycles. The van der Waals surface area contributed by atoms with Gasteiger partial charge in [0.25, 0.3) is 11.8 Å². The number of pyridine rings is 1. The molecule has 2 fully saturated rings. The van der Waals surface area contributed by atoms with Crippen LogP contribution in [-0.4, -0.2) is 67.3 Å². The molecule has 0 unspecified atom stereocenters. The number of benzene rings is 1. The summed E-state index contributed by atoms with van der Waals surface area (Å²) in [4.78, 5) is 33.8. The van der Waals surface area contributed by atoms with E-state index >= 15 is 0 Å². The average Bonchev–Trinajstić information content (AvgIpc) is 3.48. The Bertz CT molecular complexity index is 1190. The molecule has 3 aromatic rings. The number of hydrogen-bond acceptors (Lipinski definition) is 5. The van der Waals surface area contributed by atoms with Crippen molar-refractivity contribution < 1.29 is 9.59 Å². The summed E-state index contributed by atoms with van der Waals surface area (Å²) < 4.78 is 1.77. The van der Waals surface area contributed by atoms with E-state index in [9.17, 15) is 9.59 Å². The smallest absolute Gasteiger partial charge is 0.276 e. The lowest BCUT2D eigenvalue weighted by Crippen LogP contribution is -2.55. The summed E-state index contributed by atoms with van der Waals surface area (Å²) in [6.07, 6.45) is 3.89. The van der Waals surface area contributed by atoms with Gasteiger partial charge in [0, 0.05) is 36.6 Å². The van der Waals surface area contributed by atoms with Crippen LogP contribution >= 0.6 is 23.2 Å². The van der Waals surface area contributed by atoms with E-state index in [1.165, 1.54) is 0 Å². The predicted molar refractivity (Wildman–Crippen MR) is 116 cm³/mol. The van der Waals surface area contributed by atoms with E-state index in [1.807, 2.05) is 6.92 Å². The predicted octanol–water partition coefficient (Wildman–Crippen LogP) is 3.45. The van der Waals surface area contributed by atoms with Crippen LogP contribution in [0.25, 0.3) is 10.9 Å². The Morgan fingerprint density at radius 1 is 1.10 bits per heavy atom. The zero-order valence-corrected chi connectivity index (χ0v) is 18.3. The summed E-state index contributed by atoms with van der Waals surface area (Å²) >= 11 is 12.2. The van der Waals surface area contributed by atoms with Crippen LogP contribution in [0, 0.1) is 0 Å². The Morgan fingerprint density at radius 3 is 2.65 bits per heavy atom. The minimum Gasteiger partial charge on any atom is -0.335 e. The van der Waals surface area contributed by atoms with Gasteiger partial charge in [0.1, 0.15) is 5.15 Å². The Hall–Kier alpha value is -2.71. The summed E-state index contributed by atoms with van der Waals surface area (Å²) in [6, 6.07) is 7.04. The molecule has 0 N–H and O–H groups in total. The van der Waals surface area contributed by atoms with Crippen molar-refractivity contribution in [1.82, 2.24) is 29.8 Å². The SMILES string of the molecule is C[C@@H]1CN(C(=O)c2ccc3c(Cl)cc(Cl)nc3c2)CCN1C(=O)c1cn(C2CC2)nn1. The van der Waals surface area contributed by atoms with Crippen LogP contribution in [0.5, 0.6) is 0 Å². The van der Waals surface area contributed by atoms with Crippen LogP contribution in [0.4, 0.5) is 0 Å². The number of fused-ring (bicyclic) bond motifs is 1. The van der Waals surface area contributed by atoms with E-state index in [0.29, 0.717) is 47.5 Å². The van der Waals surface area contributed by atoms with E-state index in [4.69, 9.17) is 23.2 Å². The summed E-state index contributed by atoms with van der Waals surface area (Å²) in [5.41, 5.74) is 1.44. The monoisotopic (exact) mass is 458 g/mol. The highest BCUT2D eigenvalue weighted by Gasteiger charge is 2.33. The van der Waals surface area contributed by atoms with Crippen LogP contribution in [0.15, 0.2) is 30.5 Å². The molecule has 0 spiro atoms. The van der Waals surface area contributed by atoms with E-state index in [2.05, 4.69) is 15.3 Å². The molecule has 1 aromatic carbocycles. The van der Waals surface area contributed by atoms with Gasteiger partial charge in [0.05, 0.1) is 22.8 Å². The number of amides is 2. The lowest BCUT2D eigenvalue weighted by molar-refractivity contribution is 0.0411. The van der Waals surface area contributed by atoms with Crippen LogP contribution in [0.2, 0.25) is 10.2 Å². The first-order chi connectivity index (χ1) is 14.9. The lowest BCUT2D eigenvalue weighted by atomic mass is 10.1. The van der Waals surface area contributed by atoms with Gasteiger partial charge in [-0.15, -0.1) is 5.10 Å². The van der Waals surface area contributed by atoms with Gasteiger partial charge in [-0.1, -0.05) is 34.5 Å². The van der Waals surface area contributed by atoms with Crippen molar-refractivity contribution in [2.45, 2.75) is 31.8 Å². The molecule has 2 amide bonds. The zero-order valence-electron chi connectivity index (χ0n) is 16.8. The van der Waals surface area contributed by atoms with Gasteiger partial charge in [-0.25, -0.2) is 9.67 Å². The molecule has 0 bridgehead atoms. The Labute approximate surface area is 188 Å². The molecule has 5 rings (SSSR count). The van der Waals surface area contributed by atoms with Crippen molar-refractivity contribution in [3.63, 3.8) is 0 Å². The first kappa shape index (κ1) is 20.2. The number of hydrogen-bond donors (Lipinski definition) is 0. The Balaban J connectivity index is 1.30. The van der Waals surface area contributed by atoms with Crippen LogP contribution in [0.1, 0.15) is 46.7 Å². The van der Waals surface area contributed by atoms with Crippen molar-refractivity contribution in [2.75, 3.05) is 19.6 Å². The molecule has 1 aliphatic heterocycles. The highest BCUT2D eigenvalue weighted by atomic mass is 35.5. The Kier molecular flexibility index (Phi) is 5.06. The number of piperazine rings is 1. The fraction of sp³-hybridized carbons (Fsp3) is 0.381. The minimum absolute atomic E-state index is 0.113. The number of carbonyl (C=O) groups excluding carboxylic acids is 2. The fourth-order valence-electron chi connectivity index (χ4n) is 3.95. The molecule has 1 atom stereocenters. The molecule has 2 aliphatic rings. The van der Waals surface area contributed by atoms with E-state index < -0.39 is 0 Å². The van der Waals surface area contributed by atoms with E-state index in [-0.39, 0.29) is 23.0 Å². The maximum absolute atomic E-state index is 13.1. The minimum atomic E-state index is -0.148. The van der Waals surface area contributed by atoms with Crippen LogP contribution < -0.4 is 0 Å². The molecule has 1 saturated heterocycles. The third-order valence-corrected chi connectivity index (χ3v) is 6.31. The van der Waals surface area contributed by atoms with Crippen LogP contribution in [0.3, 0.4) is 0 Å². The average molecular weight is 459 g/mol. The molecule has 160 valence electrons. The maximum Gasteiger partial charge on any atom is 0.276 e. The number of carbonyl (C=O) groups is 2. The van der Waals surface area contributed by atoms with E-state index in [1.54, 1.807) is 44.9 Å².